The summed E-state index contributed by atoms with van der Waals surface area (Å²) in [5.41, 5.74) is 0. The Kier molecular flexibility index (Phi) is 4.14. The molecule has 2 heterocycles. The maximum atomic E-state index is 12.7. The maximum Gasteiger partial charge on any atom is 0.168 e. The largest absolute Gasteiger partial charge is 0.482 e. The Hall–Kier alpha value is -1.91. The maximum absolute atomic E-state index is 12.7. The minimum Gasteiger partial charge on any atom is -0.482 e. The molecule has 0 N–H and O–H groups in total. The van der Waals surface area contributed by atoms with Crippen molar-refractivity contribution in [3.63, 3.8) is 0 Å². The molecule has 0 amide bonds. The van der Waals surface area contributed by atoms with Crippen LogP contribution in [0, 0.1) is 6.92 Å². The Balaban J connectivity index is 2.17. The molecule has 1 aliphatic rings. The minimum absolute atomic E-state index is 0.146. The van der Waals surface area contributed by atoms with Crippen LogP contribution in [0.25, 0.3) is 0 Å². The normalized spacial score (nSPS) is 20.1. The SMILES string of the molecule is C=C/C(=C\C=C(/C)F)O[C@H]1CCCn2nc(C)nc21. The van der Waals surface area contributed by atoms with Crippen molar-refractivity contribution in [3.05, 3.63) is 48.0 Å². The van der Waals surface area contributed by atoms with Gasteiger partial charge in [-0.1, -0.05) is 6.58 Å². The average Bonchev–Trinajstić information content (AvgIpc) is 2.75. The van der Waals surface area contributed by atoms with Gasteiger partial charge in [-0.2, -0.15) is 5.10 Å². The molecule has 102 valence electrons. The van der Waals surface area contributed by atoms with E-state index in [0.717, 1.165) is 31.0 Å². The van der Waals surface area contributed by atoms with Gasteiger partial charge in [0.15, 0.2) is 11.9 Å². The first kappa shape index (κ1) is 13.5. The molecule has 0 saturated carbocycles. The molecule has 0 aliphatic carbocycles. The molecule has 0 fully saturated rings. The summed E-state index contributed by atoms with van der Waals surface area (Å²) in [7, 11) is 0. The van der Waals surface area contributed by atoms with Crippen LogP contribution in [0.15, 0.2) is 36.4 Å². The van der Waals surface area contributed by atoms with Crippen LogP contribution in [0.5, 0.6) is 0 Å². The van der Waals surface area contributed by atoms with Gasteiger partial charge in [-0.05, 0) is 44.9 Å². The second-order valence-corrected chi connectivity index (χ2v) is 4.52. The number of aromatic nitrogens is 3. The molecule has 1 aromatic heterocycles. The standard InChI is InChI=1S/C14H18FN3O/c1-4-12(8-7-10(2)15)19-13-6-5-9-18-14(13)16-11(3)17-18/h4,7-8,13H,1,5-6,9H2,2-3H3/b10-7+,12-8+/t13-/m0/s1. The van der Waals surface area contributed by atoms with Gasteiger partial charge in [-0.15, -0.1) is 0 Å². The highest BCUT2D eigenvalue weighted by Crippen LogP contribution is 2.29. The zero-order chi connectivity index (χ0) is 13.8. The molecular weight excluding hydrogens is 245 g/mol. The van der Waals surface area contributed by atoms with E-state index in [2.05, 4.69) is 16.7 Å². The molecule has 1 aromatic rings. The number of hydrogen-bond donors (Lipinski definition) is 0. The molecule has 0 radical (unpaired) electrons. The number of nitrogens with zero attached hydrogens (tertiary/aromatic N) is 3. The van der Waals surface area contributed by atoms with Crippen molar-refractivity contribution in [2.24, 2.45) is 0 Å². The van der Waals surface area contributed by atoms with Gasteiger partial charge >= 0.3 is 0 Å². The Morgan fingerprint density at radius 3 is 3.00 bits per heavy atom. The fraction of sp³-hybridized carbons (Fsp3) is 0.429. The third kappa shape index (κ3) is 3.30. The lowest BCUT2D eigenvalue weighted by Crippen LogP contribution is -2.19. The summed E-state index contributed by atoms with van der Waals surface area (Å²) in [6.45, 7) is 7.80. The number of fused-ring (bicyclic) bond motifs is 1. The molecule has 5 heteroatoms. The van der Waals surface area contributed by atoms with Gasteiger partial charge in [0, 0.05) is 6.54 Å². The van der Waals surface area contributed by atoms with E-state index in [1.165, 1.54) is 13.0 Å². The number of ether oxygens (including phenoxy) is 1. The van der Waals surface area contributed by atoms with E-state index >= 15 is 0 Å². The number of halogens is 1. The van der Waals surface area contributed by atoms with Crippen molar-refractivity contribution < 1.29 is 9.13 Å². The van der Waals surface area contributed by atoms with Crippen molar-refractivity contribution in [1.29, 1.82) is 0 Å². The van der Waals surface area contributed by atoms with Gasteiger partial charge in [0.05, 0.1) is 5.83 Å². The highest BCUT2D eigenvalue weighted by molar-refractivity contribution is 5.18. The third-order valence-electron chi connectivity index (χ3n) is 2.89. The molecule has 0 saturated heterocycles. The summed E-state index contributed by atoms with van der Waals surface area (Å²) >= 11 is 0. The van der Waals surface area contributed by atoms with Crippen LogP contribution in [-0.2, 0) is 11.3 Å². The molecule has 0 bridgehead atoms. The lowest BCUT2D eigenvalue weighted by atomic mass is 10.1. The van der Waals surface area contributed by atoms with E-state index in [1.54, 1.807) is 12.2 Å². The fourth-order valence-electron chi connectivity index (χ4n) is 2.06. The summed E-state index contributed by atoms with van der Waals surface area (Å²) < 4.78 is 20.4. The zero-order valence-electron chi connectivity index (χ0n) is 11.3. The predicted molar refractivity (Wildman–Crippen MR) is 71.0 cm³/mol. The summed E-state index contributed by atoms with van der Waals surface area (Å²) in [6.07, 6.45) is 6.22. The van der Waals surface area contributed by atoms with Crippen molar-refractivity contribution in [1.82, 2.24) is 14.8 Å². The molecule has 1 atom stereocenters. The zero-order valence-corrected chi connectivity index (χ0v) is 11.3. The number of allylic oxidation sites excluding steroid dienone is 4. The minimum atomic E-state index is -0.273. The van der Waals surface area contributed by atoms with Gasteiger partial charge in [0.1, 0.15) is 11.6 Å². The quantitative estimate of drug-likeness (QED) is 0.617. The van der Waals surface area contributed by atoms with Crippen LogP contribution in [0.3, 0.4) is 0 Å². The third-order valence-corrected chi connectivity index (χ3v) is 2.89. The number of rotatable bonds is 4. The first-order valence-electron chi connectivity index (χ1n) is 6.34. The molecule has 19 heavy (non-hydrogen) atoms. The second-order valence-electron chi connectivity index (χ2n) is 4.52. The molecule has 4 nitrogen and oxygen atoms in total. The highest BCUT2D eigenvalue weighted by Gasteiger charge is 2.25. The van der Waals surface area contributed by atoms with Crippen LogP contribution in [0.2, 0.25) is 0 Å². The summed E-state index contributed by atoms with van der Waals surface area (Å²) in [6, 6.07) is 0. The van der Waals surface area contributed by atoms with Crippen LogP contribution in [0.4, 0.5) is 4.39 Å². The Bertz CT molecular complexity index is 527. The van der Waals surface area contributed by atoms with Crippen molar-refractivity contribution >= 4 is 0 Å². The van der Waals surface area contributed by atoms with Gasteiger partial charge in [-0.25, -0.2) is 14.1 Å². The Labute approximate surface area is 112 Å². The predicted octanol–water partition coefficient (Wildman–Crippen LogP) is 3.38. The summed E-state index contributed by atoms with van der Waals surface area (Å²) in [5, 5.41) is 4.32. The lowest BCUT2D eigenvalue weighted by molar-refractivity contribution is 0.0893. The number of aryl methyl sites for hydroxylation is 2. The monoisotopic (exact) mass is 263 g/mol. The highest BCUT2D eigenvalue weighted by atomic mass is 19.1. The van der Waals surface area contributed by atoms with Gasteiger partial charge in [0.25, 0.3) is 0 Å². The molecule has 1 aliphatic heterocycles. The van der Waals surface area contributed by atoms with E-state index in [1.807, 2.05) is 11.6 Å². The van der Waals surface area contributed by atoms with E-state index in [-0.39, 0.29) is 11.9 Å². The van der Waals surface area contributed by atoms with Crippen LogP contribution in [0.1, 0.15) is 37.5 Å². The van der Waals surface area contributed by atoms with Crippen molar-refractivity contribution in [2.45, 2.75) is 39.3 Å². The van der Waals surface area contributed by atoms with Crippen LogP contribution in [-0.4, -0.2) is 14.8 Å². The van der Waals surface area contributed by atoms with Gasteiger partial charge < -0.3 is 4.74 Å². The molecule has 0 aromatic carbocycles. The van der Waals surface area contributed by atoms with E-state index < -0.39 is 0 Å². The van der Waals surface area contributed by atoms with Gasteiger partial charge in [-0.3, -0.25) is 0 Å². The van der Waals surface area contributed by atoms with E-state index in [4.69, 9.17) is 4.74 Å². The Morgan fingerprint density at radius 1 is 1.53 bits per heavy atom. The van der Waals surface area contributed by atoms with Crippen LogP contribution < -0.4 is 0 Å². The topological polar surface area (TPSA) is 39.9 Å². The second kappa shape index (κ2) is 5.82. The molecule has 0 spiro atoms. The first-order chi connectivity index (χ1) is 9.10. The number of hydrogen-bond acceptors (Lipinski definition) is 3. The van der Waals surface area contributed by atoms with Crippen molar-refractivity contribution in [2.75, 3.05) is 0 Å². The molecule has 2 rings (SSSR count). The van der Waals surface area contributed by atoms with Crippen LogP contribution >= 0.6 is 0 Å². The smallest absolute Gasteiger partial charge is 0.168 e. The molecular formula is C14H18FN3O. The van der Waals surface area contributed by atoms with E-state index in [0.29, 0.717) is 5.76 Å². The lowest BCUT2D eigenvalue weighted by Gasteiger charge is -2.23. The van der Waals surface area contributed by atoms with Gasteiger partial charge in [0.2, 0.25) is 0 Å². The summed E-state index contributed by atoms with van der Waals surface area (Å²) in [4.78, 5) is 4.39. The first-order valence-corrected chi connectivity index (χ1v) is 6.34. The van der Waals surface area contributed by atoms with E-state index in [9.17, 15) is 4.39 Å². The molecule has 0 unspecified atom stereocenters. The summed E-state index contributed by atoms with van der Waals surface area (Å²) in [5.74, 6) is 1.84. The fourth-order valence-corrected chi connectivity index (χ4v) is 2.06. The average molecular weight is 263 g/mol. The van der Waals surface area contributed by atoms with Crippen molar-refractivity contribution in [3.8, 4) is 0 Å². The Morgan fingerprint density at radius 2 is 2.32 bits per heavy atom.